The number of hydrogen-bond donors (Lipinski definition) is 3. The molecule has 10 heteroatoms. The van der Waals surface area contributed by atoms with Crippen LogP contribution in [0.2, 0.25) is 0 Å². The Morgan fingerprint density at radius 1 is 1.12 bits per heavy atom. The van der Waals surface area contributed by atoms with E-state index >= 15 is 0 Å². The quantitative estimate of drug-likeness (QED) is 0.222. The molecule has 0 spiro atoms. The van der Waals surface area contributed by atoms with Crippen molar-refractivity contribution in [3.8, 4) is 0 Å². The largest absolute Gasteiger partial charge is 0.351 e. The number of carbonyl (C=O) groups is 2. The van der Waals surface area contributed by atoms with Crippen molar-refractivity contribution in [2.75, 3.05) is 52.9 Å². The number of nitrogens with two attached hydrogens (primary N) is 2. The first kappa shape index (κ1) is 36.7. The normalized spacial score (nSPS) is 30.3. The van der Waals surface area contributed by atoms with E-state index in [4.69, 9.17) is 11.5 Å². The Labute approximate surface area is 287 Å². The molecular weight excluding hydrogens is 605 g/mol. The van der Waals surface area contributed by atoms with E-state index in [2.05, 4.69) is 66.8 Å². The monoisotopic (exact) mass is 665 g/mol. The maximum atomic E-state index is 14.9. The Morgan fingerprint density at radius 3 is 2.54 bits per heavy atom. The van der Waals surface area contributed by atoms with Crippen molar-refractivity contribution in [3.05, 3.63) is 40.7 Å². The lowest BCUT2D eigenvalue weighted by molar-refractivity contribution is -0.127. The number of aryl methyl sites for hydroxylation is 1. The molecule has 1 aromatic carbocycles. The molecule has 0 radical (unpaired) electrons. The molecule has 266 valence electrons. The number of likely N-dealkylation sites (N-methyl/N-ethyl adjacent to an activating group) is 1. The van der Waals surface area contributed by atoms with E-state index in [9.17, 15) is 14.0 Å². The van der Waals surface area contributed by atoms with Crippen LogP contribution in [0.5, 0.6) is 0 Å². The molecule has 5 N–H and O–H groups in total. The van der Waals surface area contributed by atoms with E-state index < -0.39 is 18.1 Å². The van der Waals surface area contributed by atoms with Crippen LogP contribution in [0.4, 0.5) is 4.39 Å². The van der Waals surface area contributed by atoms with Crippen LogP contribution in [0.25, 0.3) is 0 Å². The number of nitrogens with one attached hydrogen (secondary N) is 1. The maximum absolute atomic E-state index is 14.9. The van der Waals surface area contributed by atoms with Gasteiger partial charge in [0, 0.05) is 62.5 Å². The topological polar surface area (TPSA) is 120 Å². The third-order valence-electron chi connectivity index (χ3n) is 12.2. The summed E-state index contributed by atoms with van der Waals surface area (Å²) in [5.41, 5.74) is 15.4. The zero-order valence-electron chi connectivity index (χ0n) is 30.1. The number of piperazine rings is 1. The number of amides is 2. The summed E-state index contributed by atoms with van der Waals surface area (Å²) in [6.45, 7) is 14.4. The second-order valence-electron chi connectivity index (χ2n) is 15.6. The van der Waals surface area contributed by atoms with Crippen LogP contribution in [0.15, 0.2) is 29.0 Å². The number of hydrogen-bond acceptors (Lipinski definition) is 7. The predicted molar refractivity (Wildman–Crippen MR) is 191 cm³/mol. The van der Waals surface area contributed by atoms with E-state index in [0.717, 1.165) is 82.6 Å². The lowest BCUT2D eigenvalue weighted by Gasteiger charge is -2.41. The minimum Gasteiger partial charge on any atom is -0.351 e. The fourth-order valence-electron chi connectivity index (χ4n) is 8.96. The fraction of sp³-hybridized carbons (Fsp3) is 0.737. The highest BCUT2D eigenvalue weighted by molar-refractivity contribution is 5.94. The number of likely N-dealkylation sites (tertiary alicyclic amines) is 1. The molecule has 9 nitrogen and oxygen atoms in total. The number of halogens is 1. The first-order chi connectivity index (χ1) is 22.9. The van der Waals surface area contributed by atoms with Crippen molar-refractivity contribution in [3.63, 3.8) is 0 Å². The standard InChI is InChI=1S/C38H60FN7O2/c1-6-8-9-10-14-45-15-13-30(29-12-11-27(20-26(29)3)36(48)46-18-16-44(5)17-19-46)32(24-45)43-35(47)33(34(40)41)31-22-38(7-2)25-37(38,4)21-28(39)23-42-31/h11-12,20,30-34H,6-10,13-19,21-22,24-25,40-41H2,1-5H3,(H,43,47). The summed E-state index contributed by atoms with van der Waals surface area (Å²) in [5.74, 6) is 1.37. The highest BCUT2D eigenvalue weighted by atomic mass is 19.1. The van der Waals surface area contributed by atoms with Crippen LogP contribution in [0, 0.1) is 23.7 Å². The highest BCUT2D eigenvalue weighted by Gasteiger charge is 2.64. The molecule has 3 fully saturated rings. The number of aliphatic imine (C=N–C) groups is 1. The van der Waals surface area contributed by atoms with Crippen molar-refractivity contribution in [2.45, 2.75) is 110 Å². The van der Waals surface area contributed by atoms with Gasteiger partial charge in [0.25, 0.3) is 5.91 Å². The third-order valence-corrected chi connectivity index (χ3v) is 12.2. The van der Waals surface area contributed by atoms with E-state index in [0.29, 0.717) is 18.4 Å². The molecule has 6 unspecified atom stereocenters. The predicted octanol–water partition coefficient (Wildman–Crippen LogP) is 4.59. The van der Waals surface area contributed by atoms with E-state index in [1.807, 2.05) is 17.0 Å². The van der Waals surface area contributed by atoms with Crippen molar-refractivity contribution in [1.29, 1.82) is 0 Å². The average molecular weight is 666 g/mol. The van der Waals surface area contributed by atoms with Crippen LogP contribution in [-0.4, -0.2) is 103 Å². The number of allylic oxidation sites excluding steroid dienone is 1. The summed E-state index contributed by atoms with van der Waals surface area (Å²) in [6.07, 6.45) is 7.44. The fourth-order valence-corrected chi connectivity index (χ4v) is 8.96. The number of benzene rings is 1. The van der Waals surface area contributed by atoms with Crippen molar-refractivity contribution in [2.24, 2.45) is 33.2 Å². The van der Waals surface area contributed by atoms with Crippen molar-refractivity contribution in [1.82, 2.24) is 20.0 Å². The second-order valence-corrected chi connectivity index (χ2v) is 15.6. The molecule has 6 atom stereocenters. The smallest absolute Gasteiger partial charge is 0.253 e. The number of unbranched alkanes of at least 4 members (excludes halogenated alkanes) is 3. The molecule has 3 heterocycles. The van der Waals surface area contributed by atoms with Crippen LogP contribution in [-0.2, 0) is 4.79 Å². The summed E-state index contributed by atoms with van der Waals surface area (Å²) in [5, 5.41) is 3.41. The van der Waals surface area contributed by atoms with Gasteiger partial charge in [-0.15, -0.1) is 0 Å². The number of rotatable bonds is 12. The highest BCUT2D eigenvalue weighted by Crippen LogP contribution is 2.71. The Morgan fingerprint density at radius 2 is 1.88 bits per heavy atom. The summed E-state index contributed by atoms with van der Waals surface area (Å²) < 4.78 is 14.9. The molecule has 1 aromatic rings. The van der Waals surface area contributed by atoms with Gasteiger partial charge in [-0.3, -0.25) is 9.59 Å². The summed E-state index contributed by atoms with van der Waals surface area (Å²) in [7, 11) is 2.09. The Hall–Kier alpha value is -2.62. The first-order valence-electron chi connectivity index (χ1n) is 18.5. The summed E-state index contributed by atoms with van der Waals surface area (Å²) >= 11 is 0. The van der Waals surface area contributed by atoms with Crippen molar-refractivity contribution < 1.29 is 14.0 Å². The van der Waals surface area contributed by atoms with Crippen LogP contribution < -0.4 is 16.8 Å². The van der Waals surface area contributed by atoms with Gasteiger partial charge in [0.15, 0.2) is 5.83 Å². The van der Waals surface area contributed by atoms with Gasteiger partial charge in [-0.05, 0) is 93.3 Å². The third kappa shape index (κ3) is 8.05. The van der Waals surface area contributed by atoms with Crippen LogP contribution in [0.3, 0.4) is 0 Å². The zero-order valence-corrected chi connectivity index (χ0v) is 30.1. The minimum atomic E-state index is -0.948. The van der Waals surface area contributed by atoms with Gasteiger partial charge >= 0.3 is 0 Å². The number of nitrogens with zero attached hydrogens (tertiary/aromatic N) is 4. The van der Waals surface area contributed by atoms with Gasteiger partial charge in [0.05, 0.1) is 18.1 Å². The molecule has 0 aromatic heterocycles. The van der Waals surface area contributed by atoms with E-state index in [-0.39, 0.29) is 40.4 Å². The van der Waals surface area contributed by atoms with Gasteiger partial charge in [0.1, 0.15) is 0 Å². The number of piperidine rings is 1. The molecule has 48 heavy (non-hydrogen) atoms. The molecule has 4 aliphatic rings. The van der Waals surface area contributed by atoms with Gasteiger partial charge in [0.2, 0.25) is 5.91 Å². The van der Waals surface area contributed by atoms with Crippen LogP contribution >= 0.6 is 0 Å². The zero-order chi connectivity index (χ0) is 34.6. The van der Waals surface area contributed by atoms with Gasteiger partial charge < -0.3 is 31.5 Å². The number of carbonyl (C=O) groups excluding carboxylic acids is 2. The Bertz CT molecular complexity index is 1370. The molecule has 0 bridgehead atoms. The molecule has 5 rings (SSSR count). The molecule has 2 saturated heterocycles. The Kier molecular flexibility index (Phi) is 11.8. The number of fused-ring (bicyclic) bond motifs is 1. The SMILES string of the molecule is CCCCCCN1CCC(c2ccc(C(=O)N3CCN(C)CC3)cc2C)C(NC(=O)C(C(N)N)C2CC3(CC)CC3(C)CC(F)=C=N2)C1. The lowest BCUT2D eigenvalue weighted by Crippen LogP contribution is -2.58. The average Bonchev–Trinajstić information content (AvgIpc) is 3.62. The molecule has 2 amide bonds. The molecule has 1 saturated carbocycles. The van der Waals surface area contributed by atoms with Gasteiger partial charge in [-0.1, -0.05) is 46.1 Å². The lowest BCUT2D eigenvalue weighted by atomic mass is 9.78. The Balaban J connectivity index is 1.37. The summed E-state index contributed by atoms with van der Waals surface area (Å²) in [4.78, 5) is 38.8. The van der Waals surface area contributed by atoms with Crippen LogP contribution in [0.1, 0.15) is 106 Å². The summed E-state index contributed by atoms with van der Waals surface area (Å²) in [6, 6.07) is 5.35. The molecule has 3 aliphatic heterocycles. The first-order valence-corrected chi connectivity index (χ1v) is 18.5. The van der Waals surface area contributed by atoms with E-state index in [1.165, 1.54) is 19.3 Å². The second kappa shape index (κ2) is 15.5. The van der Waals surface area contributed by atoms with Gasteiger partial charge in [-0.2, -0.15) is 0 Å². The maximum Gasteiger partial charge on any atom is 0.253 e. The minimum absolute atomic E-state index is 0.0650. The van der Waals surface area contributed by atoms with Crippen molar-refractivity contribution >= 4 is 17.7 Å². The molecular formula is C38H60FN7O2. The molecule has 1 aliphatic carbocycles. The van der Waals surface area contributed by atoms with E-state index in [1.54, 1.807) is 0 Å². The van der Waals surface area contributed by atoms with Gasteiger partial charge in [-0.25, -0.2) is 9.38 Å².